The van der Waals surface area contributed by atoms with Crippen molar-refractivity contribution in [1.29, 1.82) is 0 Å². The molecule has 0 spiro atoms. The maximum absolute atomic E-state index is 13.5. The maximum Gasteiger partial charge on any atom is 0.274 e. The number of thioether (sulfide) groups is 1. The summed E-state index contributed by atoms with van der Waals surface area (Å²) in [6.07, 6.45) is 2.21. The molecule has 25 nitrogen and oxygen atoms in total. The molecule has 4 fully saturated rings. The number of ether oxygens (including phenoxy) is 1. The smallest absolute Gasteiger partial charge is 0.274 e. The van der Waals surface area contributed by atoms with Crippen molar-refractivity contribution in [3.63, 3.8) is 0 Å². The Balaban J connectivity index is 0.803. The zero-order valence-electron chi connectivity index (χ0n) is 40.4. The number of hydrogen-bond donors (Lipinski definition) is 5. The first-order chi connectivity index (χ1) is 33.6. The Kier molecular flexibility index (Phi) is 17.2. The molecule has 2 amide bonds. The Bertz CT molecular complexity index is 2570. The minimum absolute atomic E-state index is 0.0215. The molecule has 0 aromatic carbocycles. The van der Waals surface area contributed by atoms with Crippen LogP contribution in [0.15, 0.2) is 24.3 Å². The number of allylic oxidation sites excluding steroid dienone is 1. The van der Waals surface area contributed by atoms with Gasteiger partial charge in [0.15, 0.2) is 28.6 Å². The normalized spacial score (nSPS) is 32.1. The lowest BCUT2D eigenvalue weighted by molar-refractivity contribution is -0.347. The largest absolute Gasteiger partial charge is 0.790 e. The lowest BCUT2D eigenvalue weighted by Gasteiger charge is -2.58. The van der Waals surface area contributed by atoms with Crippen LogP contribution in [-0.4, -0.2) is 109 Å². The summed E-state index contributed by atoms with van der Waals surface area (Å²) in [7, 11) is -17.7. The van der Waals surface area contributed by atoms with Crippen LogP contribution in [-0.2, 0) is 55.5 Å². The van der Waals surface area contributed by atoms with Gasteiger partial charge >= 0.3 is 0 Å². The number of imidazole rings is 1. The predicted molar refractivity (Wildman–Crippen MR) is 248 cm³/mol. The second-order valence-electron chi connectivity index (χ2n) is 20.6. The highest BCUT2D eigenvalue weighted by atomic mass is 32.2. The number of phosphoric acid groups is 3. The summed E-state index contributed by atoms with van der Waals surface area (Å²) in [6.45, 7) is 6.89. The number of nitrogens with two attached hydrogens (primary N) is 1. The summed E-state index contributed by atoms with van der Waals surface area (Å²) >= 11 is 1.19. The molecule has 1 saturated heterocycles. The summed E-state index contributed by atoms with van der Waals surface area (Å²) in [6, 6.07) is 0. The Hall–Kier alpha value is -3.03. The topological polar surface area (TPSA) is 392 Å². The van der Waals surface area contributed by atoms with E-state index in [0.29, 0.717) is 29.9 Å². The first-order valence-corrected chi connectivity index (χ1v) is 29.1. The number of carbonyl (C=O) groups excluding carboxylic acids is 4. The molecule has 3 saturated carbocycles. The average Bonchev–Trinajstić information content (AvgIpc) is 3.98. The molecular weight excluding hydrogens is 1030 g/mol. The molecule has 0 radical (unpaired) electrons. The van der Waals surface area contributed by atoms with Gasteiger partial charge in [-0.1, -0.05) is 52.0 Å². The molecule has 2 aromatic rings. The van der Waals surface area contributed by atoms with Crippen LogP contribution in [0.25, 0.3) is 11.2 Å². The van der Waals surface area contributed by atoms with Crippen molar-refractivity contribution in [3.05, 3.63) is 24.3 Å². The molecule has 6 N–H and O–H groups in total. The van der Waals surface area contributed by atoms with E-state index in [4.69, 9.17) is 10.5 Å². The van der Waals surface area contributed by atoms with Crippen molar-refractivity contribution in [2.24, 2.45) is 45.8 Å². The molecule has 2 aromatic heterocycles. The van der Waals surface area contributed by atoms with Crippen LogP contribution < -0.4 is 35.9 Å². The van der Waals surface area contributed by atoms with Crippen LogP contribution in [0.2, 0.25) is 0 Å². The number of hydrogen-bond acceptors (Lipinski definition) is 23. The number of aliphatic hydroxyl groups is 2. The number of rotatable bonds is 21. The van der Waals surface area contributed by atoms with Crippen molar-refractivity contribution >= 4 is 74.9 Å². The number of amides is 2. The zero-order valence-corrected chi connectivity index (χ0v) is 43.9. The number of nitrogen functional groups attached to an aromatic ring is 1. The first-order valence-electron chi connectivity index (χ1n) is 23.8. The van der Waals surface area contributed by atoms with E-state index in [0.717, 1.165) is 62.2 Å². The first kappa shape index (κ1) is 56.7. The van der Waals surface area contributed by atoms with E-state index in [2.05, 4.69) is 57.3 Å². The van der Waals surface area contributed by atoms with Crippen molar-refractivity contribution in [2.45, 2.75) is 123 Å². The van der Waals surface area contributed by atoms with E-state index in [-0.39, 0.29) is 70.1 Å². The third-order valence-electron chi connectivity index (χ3n) is 15.7. The quantitative estimate of drug-likeness (QED) is 0.0857. The van der Waals surface area contributed by atoms with Gasteiger partial charge in [0.25, 0.3) is 15.6 Å². The fourth-order valence-electron chi connectivity index (χ4n) is 12.0. The van der Waals surface area contributed by atoms with E-state index >= 15 is 0 Å². The lowest BCUT2D eigenvalue weighted by Crippen LogP contribution is -2.51. The third-order valence-corrected chi connectivity index (χ3v) is 19.8. The Labute approximate surface area is 420 Å². The second kappa shape index (κ2) is 21.9. The molecule has 0 bridgehead atoms. The predicted octanol–water partition coefficient (Wildman–Crippen LogP) is 0.921. The Morgan fingerprint density at radius 3 is 2.44 bits per heavy atom. The SMILES string of the molecule is C[C@H](C(=O)SCCNC(=O)CCNC(=O)[C@H](O)C(C)(C)COP(=O)([O-])OP(=O)([O-])OC[C@H]1O[C@@H](n2cnc3c(N)ncnc32)[C@H](O)[C@@H]1OP(=O)([O-])[O-])[C@H]1CC[C@H]2[C@@H]3CCC4=CC(=O)CC[C@]4(C)[C@H]3CC[C@]12C. The molecule has 29 heteroatoms. The number of carbonyl (C=O) groups is 4. The molecule has 7 rings (SSSR count). The molecular formula is C43H62N7O18P3S-4. The third kappa shape index (κ3) is 12.5. The molecule has 4 aliphatic carbocycles. The highest BCUT2D eigenvalue weighted by molar-refractivity contribution is 8.13. The van der Waals surface area contributed by atoms with Crippen molar-refractivity contribution in [2.75, 3.05) is 37.8 Å². The van der Waals surface area contributed by atoms with E-state index in [1.165, 1.54) is 31.2 Å². The standard InChI is InChI=1S/C43H66N7O18P3S/c1-23(27-8-9-28-26-7-6-24-18-25(51)10-13-42(24,4)29(26)11-14-43(27,28)5)40(56)72-17-16-45-31(52)12-15-46-38(55)35(54)41(2,3)20-65-71(62,63)68-70(60,61)64-19-30-34(67-69(57,58)59)33(53)39(66-30)50-22-49-32-36(44)47-21-48-37(32)50/h18,21-23,26-30,33-35,39,53-54H,6-17,19-20H2,1-5H3,(H,45,52)(H,46,55)(H,60,61)(H,62,63)(H2,44,47,48)(H2,57,58,59)/p-4/t23-,26-,27+,28-,29-,30+,33+,34+,35-,39+,42-,43+/m0/s1. The van der Waals surface area contributed by atoms with Gasteiger partial charge in [-0.15, -0.1) is 0 Å². The number of ketones is 1. The number of nitrogens with zero attached hydrogens (tertiary/aromatic N) is 4. The van der Waals surface area contributed by atoms with Gasteiger partial charge in [-0.25, -0.2) is 19.3 Å². The lowest BCUT2D eigenvalue weighted by atomic mass is 9.46. The van der Waals surface area contributed by atoms with Crippen LogP contribution in [0.3, 0.4) is 0 Å². The minimum atomic E-state index is -5.94. The summed E-state index contributed by atoms with van der Waals surface area (Å²) < 4.78 is 61.1. The van der Waals surface area contributed by atoms with E-state index < -0.39 is 84.6 Å². The minimum Gasteiger partial charge on any atom is -0.790 e. The van der Waals surface area contributed by atoms with Gasteiger partial charge in [0.1, 0.15) is 36.3 Å². The number of phosphoric ester groups is 3. The average molecular weight is 1090 g/mol. The highest BCUT2D eigenvalue weighted by Crippen LogP contribution is 2.68. The Morgan fingerprint density at radius 1 is 1.00 bits per heavy atom. The van der Waals surface area contributed by atoms with Crippen molar-refractivity contribution in [3.8, 4) is 0 Å². The van der Waals surface area contributed by atoms with Gasteiger partial charge in [-0.05, 0) is 85.5 Å². The molecule has 14 atom stereocenters. The summed E-state index contributed by atoms with van der Waals surface area (Å²) in [5.41, 5.74) is 5.58. The zero-order chi connectivity index (χ0) is 52.8. The van der Waals surface area contributed by atoms with Gasteiger partial charge in [-0.2, -0.15) is 0 Å². The molecule has 5 aliphatic rings. The molecule has 2 unspecified atom stereocenters. The van der Waals surface area contributed by atoms with Crippen molar-refractivity contribution in [1.82, 2.24) is 30.2 Å². The monoisotopic (exact) mass is 1090 g/mol. The van der Waals surface area contributed by atoms with E-state index in [9.17, 15) is 62.7 Å². The second-order valence-corrected chi connectivity index (χ2v) is 25.8. The molecule has 402 valence electrons. The van der Waals surface area contributed by atoms with Crippen LogP contribution in [0.1, 0.15) is 98.6 Å². The van der Waals surface area contributed by atoms with Crippen LogP contribution in [0, 0.1) is 45.8 Å². The molecule has 3 heterocycles. The fourth-order valence-corrected chi connectivity index (χ4v) is 15.5. The maximum atomic E-state index is 13.5. The van der Waals surface area contributed by atoms with Crippen molar-refractivity contribution < 1.29 is 85.3 Å². The van der Waals surface area contributed by atoms with E-state index in [1.54, 1.807) is 0 Å². The van der Waals surface area contributed by atoms with Gasteiger partial charge in [0, 0.05) is 43.0 Å². The van der Waals surface area contributed by atoms with Crippen LogP contribution in [0.5, 0.6) is 0 Å². The molecule has 72 heavy (non-hydrogen) atoms. The fraction of sp³-hybridized carbons (Fsp3) is 0.744. The summed E-state index contributed by atoms with van der Waals surface area (Å²) in [5, 5.41) is 26.8. The highest BCUT2D eigenvalue weighted by Gasteiger charge is 2.60. The van der Waals surface area contributed by atoms with E-state index in [1.807, 2.05) is 13.0 Å². The van der Waals surface area contributed by atoms with Crippen LogP contribution in [0.4, 0.5) is 5.82 Å². The molecule has 1 aliphatic heterocycles. The number of anilines is 1. The number of aromatic nitrogens is 4. The number of fused-ring (bicyclic) bond motifs is 6. The van der Waals surface area contributed by atoms with Gasteiger partial charge in [-0.3, -0.25) is 32.9 Å². The van der Waals surface area contributed by atoms with Gasteiger partial charge in [0.05, 0.1) is 27.4 Å². The summed E-state index contributed by atoms with van der Waals surface area (Å²) in [4.78, 5) is 111. The van der Waals surface area contributed by atoms with Gasteiger partial charge in [0.2, 0.25) is 11.8 Å². The number of aliphatic hydroxyl groups excluding tert-OH is 2. The Morgan fingerprint density at radius 2 is 1.72 bits per heavy atom. The summed E-state index contributed by atoms with van der Waals surface area (Å²) in [5.74, 6) is 0.892. The van der Waals surface area contributed by atoms with Gasteiger partial charge < -0.3 is 69.0 Å². The van der Waals surface area contributed by atoms with Crippen LogP contribution >= 0.6 is 35.2 Å². The number of nitrogens with one attached hydrogen (secondary N) is 2.